The first-order chi connectivity index (χ1) is 22.7. The summed E-state index contributed by atoms with van der Waals surface area (Å²) in [7, 11) is -1.44. The molecule has 0 bridgehead atoms. The zero-order valence-electron chi connectivity index (χ0n) is 26.6. The molecule has 7 nitrogen and oxygen atoms in total. The van der Waals surface area contributed by atoms with Gasteiger partial charge in [-0.1, -0.05) is 60.8 Å². The van der Waals surface area contributed by atoms with Crippen molar-refractivity contribution >= 4 is 48.6 Å². The van der Waals surface area contributed by atoms with Crippen LogP contribution in [0.15, 0.2) is 110 Å². The van der Waals surface area contributed by atoms with E-state index in [9.17, 15) is 4.39 Å². The van der Waals surface area contributed by atoms with Crippen molar-refractivity contribution in [1.29, 1.82) is 0 Å². The first kappa shape index (κ1) is 31.9. The molecule has 0 fully saturated rings. The van der Waals surface area contributed by atoms with E-state index < -0.39 is 9.39 Å². The van der Waals surface area contributed by atoms with E-state index >= 15 is 0 Å². The van der Waals surface area contributed by atoms with Gasteiger partial charge in [-0.25, -0.2) is 9.37 Å². The number of benzene rings is 2. The Bertz CT molecular complexity index is 2240. The van der Waals surface area contributed by atoms with Gasteiger partial charge in [0.05, 0.1) is 28.6 Å². The average molecular weight is 644 g/mol. The van der Waals surface area contributed by atoms with Gasteiger partial charge in [0.2, 0.25) is 0 Å². The number of aromatic amines is 2. The van der Waals surface area contributed by atoms with Gasteiger partial charge in [0.25, 0.3) is 0 Å². The molecular formula is C38H38FN7S. The number of aromatic nitrogens is 5. The van der Waals surface area contributed by atoms with Crippen molar-refractivity contribution in [3.63, 3.8) is 0 Å². The Morgan fingerprint density at radius 2 is 1.81 bits per heavy atom. The lowest BCUT2D eigenvalue weighted by molar-refractivity contribution is 0.625. The first-order valence-electron chi connectivity index (χ1n) is 15.3. The van der Waals surface area contributed by atoms with E-state index in [0.717, 1.165) is 67.7 Å². The van der Waals surface area contributed by atoms with E-state index in [1.54, 1.807) is 12.4 Å². The third-order valence-electron chi connectivity index (χ3n) is 7.81. The van der Waals surface area contributed by atoms with Crippen molar-refractivity contribution in [2.45, 2.75) is 20.0 Å². The van der Waals surface area contributed by atoms with Crippen LogP contribution in [0.25, 0.3) is 50.0 Å². The molecule has 0 spiro atoms. The van der Waals surface area contributed by atoms with E-state index in [0.29, 0.717) is 18.8 Å². The Balaban J connectivity index is 1.30. The molecule has 0 radical (unpaired) electrons. The van der Waals surface area contributed by atoms with Gasteiger partial charge < -0.3 is 10.3 Å². The second kappa shape index (κ2) is 13.7. The Hall–Kier alpha value is -5.09. The molecule has 238 valence electrons. The molecule has 6 aromatic rings. The van der Waals surface area contributed by atoms with E-state index in [-0.39, 0.29) is 5.82 Å². The Labute approximate surface area is 275 Å². The normalized spacial score (nSPS) is 12.7. The van der Waals surface area contributed by atoms with Crippen LogP contribution in [-0.2, 0) is 13.1 Å². The minimum atomic E-state index is -1.44. The summed E-state index contributed by atoms with van der Waals surface area (Å²) in [4.78, 5) is 13.0. The summed E-state index contributed by atoms with van der Waals surface area (Å²) in [6.07, 6.45) is 11.5. The number of rotatable bonds is 12. The lowest BCUT2D eigenvalue weighted by atomic mass is 10.0. The zero-order valence-corrected chi connectivity index (χ0v) is 27.4. The van der Waals surface area contributed by atoms with Crippen molar-refractivity contribution in [3.8, 4) is 22.5 Å². The van der Waals surface area contributed by atoms with Crippen LogP contribution in [0.1, 0.15) is 23.7 Å². The molecule has 4 aromatic heterocycles. The van der Waals surface area contributed by atoms with Crippen molar-refractivity contribution < 1.29 is 4.39 Å². The fraction of sp³-hybridized carbons (Fsp3) is 0.132. The Kier molecular flexibility index (Phi) is 9.31. The van der Waals surface area contributed by atoms with Crippen LogP contribution in [0.2, 0.25) is 0 Å². The number of pyridine rings is 2. The lowest BCUT2D eigenvalue weighted by Crippen LogP contribution is -2.16. The molecule has 0 saturated heterocycles. The minimum absolute atomic E-state index is 0.313. The predicted octanol–water partition coefficient (Wildman–Crippen LogP) is 7.92. The maximum Gasteiger partial charge on any atom is 0.135 e. The number of halogens is 1. The van der Waals surface area contributed by atoms with Gasteiger partial charge in [-0.05, 0) is 83.5 Å². The summed E-state index contributed by atoms with van der Waals surface area (Å²) in [6, 6.07) is 21.4. The summed E-state index contributed by atoms with van der Waals surface area (Å²) >= 11 is 0. The molecule has 0 saturated carbocycles. The molecular weight excluding hydrogens is 606 g/mol. The highest BCUT2D eigenvalue weighted by Crippen LogP contribution is 2.34. The monoisotopic (exact) mass is 643 g/mol. The third kappa shape index (κ3) is 7.49. The first-order valence-corrected chi connectivity index (χ1v) is 17.6. The van der Waals surface area contributed by atoms with E-state index in [2.05, 4.69) is 66.7 Å². The Morgan fingerprint density at radius 1 is 0.979 bits per heavy atom. The summed E-state index contributed by atoms with van der Waals surface area (Å²) in [5.41, 5.74) is 10.3. The molecule has 0 aliphatic carbocycles. The van der Waals surface area contributed by atoms with Crippen LogP contribution in [0.5, 0.6) is 0 Å². The molecule has 0 unspecified atom stereocenters. The molecule has 4 N–H and O–H groups in total. The summed E-state index contributed by atoms with van der Waals surface area (Å²) in [5, 5.41) is 12.2. The van der Waals surface area contributed by atoms with E-state index in [1.165, 1.54) is 17.7 Å². The van der Waals surface area contributed by atoms with Crippen molar-refractivity contribution in [1.82, 2.24) is 35.2 Å². The van der Waals surface area contributed by atoms with Gasteiger partial charge in [-0.2, -0.15) is 14.5 Å². The predicted molar refractivity (Wildman–Crippen MR) is 199 cm³/mol. The van der Waals surface area contributed by atoms with Gasteiger partial charge in [-0.3, -0.25) is 14.8 Å². The molecule has 4 heterocycles. The quantitative estimate of drug-likeness (QED) is 0.0803. The number of hydrogen-bond donors (Lipinski definition) is 4. The molecule has 0 aliphatic heterocycles. The zero-order chi connectivity index (χ0) is 33.0. The second-order valence-corrected chi connectivity index (χ2v) is 14.5. The van der Waals surface area contributed by atoms with Crippen LogP contribution in [0.3, 0.4) is 0 Å². The Morgan fingerprint density at radius 3 is 2.57 bits per heavy atom. The fourth-order valence-corrected chi connectivity index (χ4v) is 5.97. The standard InChI is InChI=1S/C38H38FN7S/c1-6-25(20-40-21-26-11-9-8-10-12-26)15-28(7-2)33-13-14-34-37(44-33)38(46-45-34)35-19-31-32(23-41-24-36(31)43-35)29-16-27(17-30(39)18-29)22-42-47(3,4)5/h6-19,23-24,40,42-43H,1,3-4,20-22H2,2,5H3,(H,45,46)/b25-15+,28-7+. The second-order valence-electron chi connectivity index (χ2n) is 11.7. The van der Waals surface area contributed by atoms with Gasteiger partial charge >= 0.3 is 0 Å². The highest BCUT2D eigenvalue weighted by molar-refractivity contribution is 8.25. The van der Waals surface area contributed by atoms with Crippen molar-refractivity contribution in [2.75, 3.05) is 12.8 Å². The maximum atomic E-state index is 14.8. The van der Waals surface area contributed by atoms with Gasteiger partial charge in [0.1, 0.15) is 17.0 Å². The maximum absolute atomic E-state index is 14.8. The van der Waals surface area contributed by atoms with Crippen LogP contribution in [0.4, 0.5) is 4.39 Å². The molecule has 47 heavy (non-hydrogen) atoms. The average Bonchev–Trinajstić information content (AvgIpc) is 3.69. The van der Waals surface area contributed by atoms with Crippen LogP contribution in [0, 0.1) is 5.82 Å². The molecule has 0 aliphatic rings. The summed E-state index contributed by atoms with van der Waals surface area (Å²) < 4.78 is 18.1. The number of allylic oxidation sites excluding steroid dienone is 3. The van der Waals surface area contributed by atoms with Gasteiger partial charge in [0.15, 0.2) is 0 Å². The molecule has 2 aromatic carbocycles. The SMILES string of the molecule is C=C/C(=C\C(=C/C)c1ccc2[nH]nc(-c3cc4c(-c5cc(F)cc(CNS(=C)(=C)C)c5)cncc4[nH]3)c2n1)CNCc1ccccc1. The fourth-order valence-electron chi connectivity index (χ4n) is 5.46. The lowest BCUT2D eigenvalue weighted by Gasteiger charge is -2.12. The summed E-state index contributed by atoms with van der Waals surface area (Å²) in [6.45, 7) is 7.96. The van der Waals surface area contributed by atoms with Gasteiger partial charge in [0, 0.05) is 36.8 Å². The minimum Gasteiger partial charge on any atom is -0.352 e. The van der Waals surface area contributed by atoms with Crippen LogP contribution < -0.4 is 10.0 Å². The third-order valence-corrected chi connectivity index (χ3v) is 8.65. The highest BCUT2D eigenvalue weighted by atomic mass is 32.2. The number of nitrogens with one attached hydrogen (secondary N) is 4. The van der Waals surface area contributed by atoms with E-state index in [4.69, 9.17) is 4.98 Å². The van der Waals surface area contributed by atoms with Crippen molar-refractivity contribution in [2.24, 2.45) is 0 Å². The molecule has 6 rings (SSSR count). The highest BCUT2D eigenvalue weighted by Gasteiger charge is 2.17. The summed E-state index contributed by atoms with van der Waals surface area (Å²) in [5.74, 6) is 7.81. The molecule has 0 amide bonds. The number of fused-ring (bicyclic) bond motifs is 2. The number of nitrogens with zero attached hydrogens (tertiary/aromatic N) is 3. The smallest absolute Gasteiger partial charge is 0.135 e. The molecule has 9 heteroatoms. The van der Waals surface area contributed by atoms with Gasteiger partial charge in [-0.15, -0.1) is 0 Å². The largest absolute Gasteiger partial charge is 0.352 e. The van der Waals surface area contributed by atoms with Crippen LogP contribution >= 0.6 is 9.39 Å². The number of H-pyrrole nitrogens is 2. The topological polar surface area (TPSA) is 94.3 Å². The van der Waals surface area contributed by atoms with E-state index in [1.807, 2.05) is 67.8 Å². The van der Waals surface area contributed by atoms with Crippen molar-refractivity contribution in [3.05, 3.63) is 132 Å². The number of hydrogen-bond acceptors (Lipinski definition) is 5. The molecule has 0 atom stereocenters. The van der Waals surface area contributed by atoms with Crippen LogP contribution in [-0.4, -0.2) is 49.7 Å².